The number of hydrogen-bond acceptors (Lipinski definition) is 13. The Hall–Kier alpha value is 0.161. The third-order valence-corrected chi connectivity index (χ3v) is 14.0. The topological polar surface area (TPSA) is 195 Å². The number of nitrogen functional groups attached to an aromatic ring is 1. The Morgan fingerprint density at radius 2 is 0.703 bits per heavy atom. The number of nitrogens with zero attached hydrogens (tertiary/aromatic N) is 1. The van der Waals surface area contributed by atoms with Gasteiger partial charge in [-0.25, -0.2) is 0 Å². The van der Waals surface area contributed by atoms with Crippen LogP contribution in [0, 0.1) is 13.7 Å². The summed E-state index contributed by atoms with van der Waals surface area (Å²) in [7, 11) is -1.60. The molecule has 0 aliphatic carbocycles. The summed E-state index contributed by atoms with van der Waals surface area (Å²) in [6.07, 6.45) is -14.1. The second kappa shape index (κ2) is 27.3. The fraction of sp³-hybridized carbons (Fsp3) is 0.600. The first-order valence-electron chi connectivity index (χ1n) is 21.7. The molecule has 74 heavy (non-hydrogen) atoms. The number of benzene rings is 3. The van der Waals surface area contributed by atoms with Gasteiger partial charge in [-0.3, -0.25) is 0 Å². The molecule has 0 spiro atoms. The largest absolute Gasteiger partial charge is 1.00 e. The van der Waals surface area contributed by atoms with Crippen LogP contribution < -0.4 is 116 Å². The van der Waals surface area contributed by atoms with E-state index < -0.39 is 67.7 Å². The van der Waals surface area contributed by atoms with Gasteiger partial charge in [-0.1, -0.05) is 48.5 Å². The van der Waals surface area contributed by atoms with Crippen LogP contribution in [-0.2, 0) is 44.7 Å². The number of aliphatic hydroxyl groups is 3. The van der Waals surface area contributed by atoms with E-state index in [1.807, 2.05) is 106 Å². The Kier molecular flexibility index (Phi) is 28.1. The summed E-state index contributed by atoms with van der Waals surface area (Å²) in [5, 5.41) is 37.2. The quantitative estimate of drug-likeness (QED) is 0.0718. The van der Waals surface area contributed by atoms with Gasteiger partial charge >= 0.3 is 121 Å². The second-order valence-corrected chi connectivity index (χ2v) is 21.6. The third-order valence-electron chi connectivity index (χ3n) is 13.3. The smallest absolute Gasteiger partial charge is 1.00 e. The second-order valence-electron chi connectivity index (χ2n) is 20.4. The van der Waals surface area contributed by atoms with Crippen LogP contribution in [0.1, 0.15) is 121 Å². The Morgan fingerprint density at radius 1 is 0.500 bits per heavy atom. The maximum absolute atomic E-state index is 12.8. The number of alkyl halides is 9. The first-order valence-corrected chi connectivity index (χ1v) is 22.8. The molecule has 406 valence electrons. The summed E-state index contributed by atoms with van der Waals surface area (Å²) in [5.74, 6) is 0. The van der Waals surface area contributed by atoms with Crippen molar-refractivity contribution in [2.24, 2.45) is 5.34 Å². The average molecular weight is 1330 g/mol. The van der Waals surface area contributed by atoms with Crippen molar-refractivity contribution in [3.05, 3.63) is 103 Å². The molecule has 6 rings (SSSR count). The van der Waals surface area contributed by atoms with Gasteiger partial charge in [0.2, 0.25) is 0 Å². The molecule has 0 radical (unpaired) electrons. The summed E-state index contributed by atoms with van der Waals surface area (Å²) in [4.78, 5) is 8.00. The molecule has 3 atom stereocenters. The molecule has 3 aromatic rings. The molecule has 3 heterocycles. The van der Waals surface area contributed by atoms with Gasteiger partial charge in [-0.05, 0) is 173 Å². The first-order chi connectivity index (χ1) is 31.6. The van der Waals surface area contributed by atoms with E-state index in [1.54, 1.807) is 0 Å². The van der Waals surface area contributed by atoms with Crippen LogP contribution in [0.4, 0.5) is 45.2 Å². The summed E-state index contributed by atoms with van der Waals surface area (Å²) in [5.41, 5.74) is -5.29. The van der Waals surface area contributed by atoms with Crippen LogP contribution >= 0.6 is 22.6 Å². The number of nitrogens with two attached hydrogens (primary N) is 1. The van der Waals surface area contributed by atoms with Gasteiger partial charge in [0, 0.05) is 9.26 Å². The van der Waals surface area contributed by atoms with E-state index in [1.165, 1.54) is 60.7 Å². The zero-order valence-corrected chi connectivity index (χ0v) is 53.9. The van der Waals surface area contributed by atoms with E-state index in [4.69, 9.17) is 43.8 Å². The van der Waals surface area contributed by atoms with Gasteiger partial charge in [-0.2, -0.15) is 39.5 Å². The van der Waals surface area contributed by atoms with E-state index in [2.05, 4.69) is 0 Å². The molecule has 0 saturated carbocycles. The van der Waals surface area contributed by atoms with Crippen LogP contribution in [0.25, 0.3) is 0 Å². The summed E-state index contributed by atoms with van der Waals surface area (Å²) in [6.45, 7) is 26.0. The molecule has 3 saturated heterocycles. The predicted molar refractivity (Wildman–Crippen MR) is 260 cm³/mol. The van der Waals surface area contributed by atoms with Crippen LogP contribution in [-0.4, -0.2) is 88.6 Å². The molecule has 0 bridgehead atoms. The van der Waals surface area contributed by atoms with Crippen molar-refractivity contribution in [3.8, 4) is 0 Å². The van der Waals surface area contributed by atoms with Gasteiger partial charge < -0.3 is 83.1 Å². The van der Waals surface area contributed by atoms with Crippen molar-refractivity contribution in [1.29, 1.82) is 0 Å². The normalized spacial score (nSPS) is 21.1. The minimum atomic E-state index is -4.74. The van der Waals surface area contributed by atoms with E-state index in [-0.39, 0.29) is 144 Å². The molecule has 3 aliphatic heterocycles. The van der Waals surface area contributed by atoms with E-state index in [9.17, 15) is 54.8 Å². The van der Waals surface area contributed by atoms with Gasteiger partial charge in [0.1, 0.15) is 0 Å². The zero-order valence-electron chi connectivity index (χ0n) is 44.5. The zero-order chi connectivity index (χ0) is 55.6. The fourth-order valence-electron chi connectivity index (χ4n) is 6.02. The van der Waals surface area contributed by atoms with Gasteiger partial charge in [0.25, 0.3) is 0 Å². The Labute approximate surface area is 523 Å². The standard InChI is InChI=1S/C15H20BF3O3.C12H24B2O4.C9H8F3IO.C9H10F3NO.HI.K.HNO2.Na/c1-12(2)13(3,4)22-16(21-12)11-8-6-10(7-9-11)14(5,20)15(17,18)19;1-9(2)10(3,4)16-13(15-9)14-17-11(5,6)12(7,8)18-14;2*1-8(14,9(10,11)12)6-2-4-7(13)5-3-6;;;2-1-3;/h6-9,20H,1-5H3;1-8H3;2-5,14H,1H3;2-5,14H,13H2,1H3;1H;;(H,2,3);/q;;;;;+1;;+1/p-2. The van der Waals surface area contributed by atoms with Crippen LogP contribution in [0.3, 0.4) is 0 Å². The van der Waals surface area contributed by atoms with Crippen molar-refractivity contribution >= 4 is 54.9 Å². The molecule has 3 fully saturated rings. The van der Waals surface area contributed by atoms with Gasteiger partial charge in [0.15, 0.2) is 16.8 Å². The molecular formula is C45H62B3F9I2KN2NaO11. The minimum absolute atomic E-state index is 0. The van der Waals surface area contributed by atoms with E-state index in [0.29, 0.717) is 18.1 Å². The number of hydrogen-bond donors (Lipinski definition) is 4. The number of halogens is 11. The van der Waals surface area contributed by atoms with Crippen molar-refractivity contribution < 1.29 is 188 Å². The van der Waals surface area contributed by atoms with Crippen LogP contribution in [0.2, 0.25) is 0 Å². The SMILES string of the molecule is CC(O)(c1ccc(I)cc1)C(F)(F)F.CC(O)(c1ccc(N)cc1)C(F)(F)F.CC1(C)OB(B2OC(C)(C)C(C)(C)O2)OC1(C)C.CC1(C)OB(c2ccc(C(C)(O)C(F)(F)F)cc2)OC1(C)C.O=N[O-].[I-].[K+].[Na+]. The minimum Gasteiger partial charge on any atom is -1.00 e. The first kappa shape index (κ1) is 76.2. The fourth-order valence-corrected chi connectivity index (χ4v) is 6.38. The van der Waals surface area contributed by atoms with E-state index >= 15 is 0 Å². The third kappa shape index (κ3) is 18.6. The van der Waals surface area contributed by atoms with Crippen molar-refractivity contribution in [2.45, 2.75) is 173 Å². The van der Waals surface area contributed by atoms with Gasteiger partial charge in [-0.15, -0.1) is 5.34 Å². The summed E-state index contributed by atoms with van der Waals surface area (Å²) in [6, 6.07) is 16.0. The molecule has 5 N–H and O–H groups in total. The van der Waals surface area contributed by atoms with Crippen molar-refractivity contribution in [2.75, 3.05) is 5.73 Å². The van der Waals surface area contributed by atoms with Crippen LogP contribution in [0.5, 0.6) is 0 Å². The summed E-state index contributed by atoms with van der Waals surface area (Å²) < 4.78 is 149. The molecule has 3 unspecified atom stereocenters. The Morgan fingerprint density at radius 3 is 0.932 bits per heavy atom. The molecule has 3 aliphatic rings. The average Bonchev–Trinajstić information content (AvgIpc) is 3.67. The Balaban J connectivity index is 0. The number of rotatable bonds is 5. The molecule has 29 heteroatoms. The van der Waals surface area contributed by atoms with Gasteiger partial charge in [0.05, 0.1) is 33.6 Å². The molecular weight excluding hydrogens is 1260 g/mol. The molecule has 0 amide bonds. The van der Waals surface area contributed by atoms with Crippen LogP contribution in [0.15, 0.2) is 78.1 Å². The maximum Gasteiger partial charge on any atom is 1.00 e. The molecule has 0 aromatic heterocycles. The predicted octanol–water partition coefficient (Wildman–Crippen LogP) is 1.37. The summed E-state index contributed by atoms with van der Waals surface area (Å²) >= 11 is 1.98. The molecule has 3 aromatic carbocycles. The Bertz CT molecular complexity index is 2080. The van der Waals surface area contributed by atoms with Crippen molar-refractivity contribution in [3.63, 3.8) is 0 Å². The number of anilines is 1. The monoisotopic (exact) mass is 1330 g/mol. The maximum atomic E-state index is 12.8. The molecule has 13 nitrogen and oxygen atoms in total. The van der Waals surface area contributed by atoms with Crippen molar-refractivity contribution in [1.82, 2.24) is 0 Å². The van der Waals surface area contributed by atoms with E-state index in [0.717, 1.165) is 34.9 Å².